The molecule has 0 fully saturated rings. The molecule has 10 rings (SSSR count). The molecule has 0 bridgehead atoms. The topological polar surface area (TPSA) is 51.8 Å². The lowest BCUT2D eigenvalue weighted by atomic mass is 9.93. The number of allylic oxidation sites excluding steroid dienone is 4. The van der Waals surface area contributed by atoms with Gasteiger partial charge in [-0.2, -0.15) is 0 Å². The number of nitrogens with zero attached hydrogens (tertiary/aromatic N) is 3. The number of fused-ring (bicyclic) bond motifs is 4. The summed E-state index contributed by atoms with van der Waals surface area (Å²) in [7, 11) is 0. The lowest BCUT2D eigenvalue weighted by Crippen LogP contribution is -2.01. The first kappa shape index (κ1) is 30.9. The van der Waals surface area contributed by atoms with E-state index in [1.807, 2.05) is 42.5 Å². The van der Waals surface area contributed by atoms with Crippen molar-refractivity contribution in [1.29, 1.82) is 0 Å². The van der Waals surface area contributed by atoms with Crippen molar-refractivity contribution in [2.45, 2.75) is 12.8 Å². The Kier molecular flexibility index (Phi) is 7.58. The molecule has 0 radical (unpaired) electrons. The van der Waals surface area contributed by atoms with Crippen LogP contribution in [0, 0.1) is 0 Å². The van der Waals surface area contributed by atoms with Gasteiger partial charge in [0.15, 0.2) is 17.5 Å². The minimum Gasteiger partial charge on any atom is -0.456 e. The van der Waals surface area contributed by atoms with Crippen molar-refractivity contribution in [2.75, 3.05) is 0 Å². The molecule has 0 spiro atoms. The summed E-state index contributed by atoms with van der Waals surface area (Å²) in [5.41, 5.74) is 11.3. The molecule has 9 aromatic rings. The van der Waals surface area contributed by atoms with Gasteiger partial charge in [-0.25, -0.2) is 15.0 Å². The molecule has 4 nitrogen and oxygen atoms in total. The summed E-state index contributed by atoms with van der Waals surface area (Å²) in [6.07, 6.45) is 9.00. The molecule has 4 heteroatoms. The minimum absolute atomic E-state index is 0.597. The summed E-state index contributed by atoms with van der Waals surface area (Å²) in [6.45, 7) is 0. The Hall–Kier alpha value is -6.91. The first-order valence-electron chi connectivity index (χ1n) is 18.1. The lowest BCUT2D eigenvalue weighted by Gasteiger charge is -2.14. The Labute approximate surface area is 307 Å². The Morgan fingerprint density at radius 3 is 1.81 bits per heavy atom. The van der Waals surface area contributed by atoms with Gasteiger partial charge in [0.1, 0.15) is 11.2 Å². The SMILES string of the molecule is C1=CC(c2ccc(-c3ccc(-c4nc(-c5ccccc5)nc(-c5c(-c6ccc7ccccc7c6)ccc6oc7ccccc7c56)n4)cc3)cc2)=CCC1. The predicted octanol–water partition coefficient (Wildman–Crippen LogP) is 13.0. The molecule has 0 atom stereocenters. The Morgan fingerprint density at radius 2 is 1.06 bits per heavy atom. The molecule has 7 aromatic carbocycles. The maximum atomic E-state index is 6.42. The van der Waals surface area contributed by atoms with E-state index in [1.165, 1.54) is 27.5 Å². The second kappa shape index (κ2) is 13.0. The van der Waals surface area contributed by atoms with Crippen LogP contribution in [-0.4, -0.2) is 15.0 Å². The van der Waals surface area contributed by atoms with Crippen LogP contribution in [0.15, 0.2) is 180 Å². The van der Waals surface area contributed by atoms with Crippen molar-refractivity contribution in [1.82, 2.24) is 15.0 Å². The average Bonchev–Trinajstić information content (AvgIpc) is 3.63. The van der Waals surface area contributed by atoms with E-state index < -0.39 is 0 Å². The van der Waals surface area contributed by atoms with Gasteiger partial charge in [-0.15, -0.1) is 0 Å². The third-order valence-electron chi connectivity index (χ3n) is 10.2. The van der Waals surface area contributed by atoms with E-state index in [1.54, 1.807) is 0 Å². The fourth-order valence-corrected chi connectivity index (χ4v) is 7.47. The summed E-state index contributed by atoms with van der Waals surface area (Å²) in [5.74, 6) is 1.83. The van der Waals surface area contributed by atoms with Crippen molar-refractivity contribution >= 4 is 38.3 Å². The molecule has 2 aromatic heterocycles. The summed E-state index contributed by atoms with van der Waals surface area (Å²) >= 11 is 0. The molecule has 0 amide bonds. The molecule has 2 heterocycles. The number of para-hydroxylation sites is 1. The highest BCUT2D eigenvalue weighted by Gasteiger charge is 2.22. The van der Waals surface area contributed by atoms with Gasteiger partial charge >= 0.3 is 0 Å². The molecular formula is C49H33N3O. The zero-order valence-corrected chi connectivity index (χ0v) is 28.9. The molecule has 53 heavy (non-hydrogen) atoms. The third-order valence-corrected chi connectivity index (χ3v) is 10.2. The quantitative estimate of drug-likeness (QED) is 0.175. The number of aromatic nitrogens is 3. The zero-order valence-electron chi connectivity index (χ0n) is 28.9. The standard InChI is InChI=1S/C49H33N3O/c1-3-11-32(12-4-1)34-19-21-35(22-20-34)36-23-26-38(27-24-36)48-50-47(37-14-5-2-6-15-37)51-49(52-48)46-41(40-28-25-33-13-7-8-16-39(33)31-40)29-30-44-45(46)42-17-9-10-18-43(42)53-44/h2-3,5-31H,1,4H2. The minimum atomic E-state index is 0.597. The largest absolute Gasteiger partial charge is 0.456 e. The normalized spacial score (nSPS) is 12.8. The first-order chi connectivity index (χ1) is 26.2. The highest BCUT2D eigenvalue weighted by molar-refractivity contribution is 6.15. The molecule has 0 unspecified atom stereocenters. The number of hydrogen-bond acceptors (Lipinski definition) is 4. The molecule has 0 saturated heterocycles. The second-order valence-electron chi connectivity index (χ2n) is 13.5. The molecule has 0 aliphatic heterocycles. The van der Waals surface area contributed by atoms with E-state index in [0.717, 1.165) is 68.2 Å². The highest BCUT2D eigenvalue weighted by atomic mass is 16.3. The number of rotatable bonds is 6. The predicted molar refractivity (Wildman–Crippen MR) is 218 cm³/mol. The Morgan fingerprint density at radius 1 is 0.434 bits per heavy atom. The molecular weight excluding hydrogens is 647 g/mol. The van der Waals surface area contributed by atoms with Crippen LogP contribution in [0.4, 0.5) is 0 Å². The van der Waals surface area contributed by atoms with Gasteiger partial charge in [0.25, 0.3) is 0 Å². The summed E-state index contributed by atoms with van der Waals surface area (Å²) in [4.78, 5) is 15.6. The molecule has 250 valence electrons. The number of hydrogen-bond donors (Lipinski definition) is 0. The molecule has 0 saturated carbocycles. The van der Waals surface area contributed by atoms with Crippen LogP contribution in [-0.2, 0) is 0 Å². The van der Waals surface area contributed by atoms with Crippen LogP contribution in [0.1, 0.15) is 18.4 Å². The van der Waals surface area contributed by atoms with Crippen LogP contribution in [0.5, 0.6) is 0 Å². The monoisotopic (exact) mass is 679 g/mol. The van der Waals surface area contributed by atoms with E-state index in [2.05, 4.69) is 133 Å². The van der Waals surface area contributed by atoms with Crippen molar-refractivity contribution in [3.05, 3.63) is 182 Å². The van der Waals surface area contributed by atoms with Crippen molar-refractivity contribution in [3.8, 4) is 56.4 Å². The van der Waals surface area contributed by atoms with Crippen molar-refractivity contribution in [2.24, 2.45) is 0 Å². The van der Waals surface area contributed by atoms with Crippen LogP contribution in [0.25, 0.3) is 94.7 Å². The average molecular weight is 680 g/mol. The zero-order chi connectivity index (χ0) is 35.1. The maximum absolute atomic E-state index is 6.42. The van der Waals surface area contributed by atoms with E-state index in [-0.39, 0.29) is 0 Å². The third kappa shape index (κ3) is 5.71. The summed E-state index contributed by atoms with van der Waals surface area (Å²) < 4.78 is 6.42. The Balaban J connectivity index is 1.14. The van der Waals surface area contributed by atoms with Crippen molar-refractivity contribution in [3.63, 3.8) is 0 Å². The fourth-order valence-electron chi connectivity index (χ4n) is 7.47. The van der Waals surface area contributed by atoms with Crippen LogP contribution >= 0.6 is 0 Å². The number of benzene rings is 7. The lowest BCUT2D eigenvalue weighted by molar-refractivity contribution is 0.669. The fraction of sp³-hybridized carbons (Fsp3) is 0.0408. The van der Waals surface area contributed by atoms with Gasteiger partial charge < -0.3 is 4.42 Å². The van der Waals surface area contributed by atoms with E-state index in [4.69, 9.17) is 19.4 Å². The summed E-state index contributed by atoms with van der Waals surface area (Å²) in [5, 5.41) is 4.38. The molecule has 0 N–H and O–H groups in total. The van der Waals surface area contributed by atoms with Gasteiger partial charge in [-0.3, -0.25) is 0 Å². The van der Waals surface area contributed by atoms with E-state index >= 15 is 0 Å². The van der Waals surface area contributed by atoms with Crippen LogP contribution in [0.3, 0.4) is 0 Å². The highest BCUT2D eigenvalue weighted by Crippen LogP contribution is 2.43. The maximum Gasteiger partial charge on any atom is 0.165 e. The first-order valence-corrected chi connectivity index (χ1v) is 18.1. The van der Waals surface area contributed by atoms with Crippen LogP contribution < -0.4 is 0 Å². The molecule has 1 aliphatic carbocycles. The Bertz CT molecular complexity index is 2870. The summed E-state index contributed by atoms with van der Waals surface area (Å²) in [6, 6.07) is 55.0. The second-order valence-corrected chi connectivity index (χ2v) is 13.5. The number of furan rings is 1. The van der Waals surface area contributed by atoms with Gasteiger partial charge in [0, 0.05) is 27.5 Å². The van der Waals surface area contributed by atoms with Gasteiger partial charge in [0.05, 0.1) is 0 Å². The van der Waals surface area contributed by atoms with E-state index in [0.29, 0.717) is 17.5 Å². The smallest absolute Gasteiger partial charge is 0.165 e. The van der Waals surface area contributed by atoms with E-state index in [9.17, 15) is 0 Å². The van der Waals surface area contributed by atoms with Gasteiger partial charge in [-0.05, 0) is 81.3 Å². The molecule has 1 aliphatic rings. The van der Waals surface area contributed by atoms with Crippen LogP contribution in [0.2, 0.25) is 0 Å². The van der Waals surface area contributed by atoms with Gasteiger partial charge in [-0.1, -0.05) is 152 Å². The van der Waals surface area contributed by atoms with Gasteiger partial charge in [0.2, 0.25) is 0 Å². The van der Waals surface area contributed by atoms with Crippen molar-refractivity contribution < 1.29 is 4.42 Å².